The Labute approximate surface area is 206 Å². The molecule has 4 rings (SSSR count). The number of nitrogens with zero attached hydrogens (tertiary/aromatic N) is 4. The van der Waals surface area contributed by atoms with Gasteiger partial charge < -0.3 is 14.4 Å². The van der Waals surface area contributed by atoms with Crippen molar-refractivity contribution in [2.45, 2.75) is 12.6 Å². The number of H-pyrrole nitrogens is 1. The number of hydrazone groups is 1. The lowest BCUT2D eigenvalue weighted by atomic mass is 10.2. The predicted molar refractivity (Wildman–Crippen MR) is 134 cm³/mol. The van der Waals surface area contributed by atoms with Gasteiger partial charge in [-0.15, -0.1) is 0 Å². The zero-order chi connectivity index (χ0) is 24.2. The molecule has 0 spiro atoms. The lowest BCUT2D eigenvalue weighted by molar-refractivity contribution is 0.0938. The van der Waals surface area contributed by atoms with Gasteiger partial charge in [-0.25, -0.2) is 10.2 Å². The van der Waals surface area contributed by atoms with Crippen LogP contribution < -0.4 is 21.4 Å². The molecule has 0 aliphatic rings. The van der Waals surface area contributed by atoms with Gasteiger partial charge in [-0.2, -0.15) is 10.1 Å². The first kappa shape index (κ1) is 23.7. The molecule has 0 saturated heterocycles. The van der Waals surface area contributed by atoms with E-state index < -0.39 is 17.4 Å². The van der Waals surface area contributed by atoms with Gasteiger partial charge in [-0.3, -0.25) is 14.3 Å². The van der Waals surface area contributed by atoms with Gasteiger partial charge in [0, 0.05) is 16.5 Å². The van der Waals surface area contributed by atoms with Crippen molar-refractivity contribution in [3.63, 3.8) is 0 Å². The molecule has 1 atom stereocenters. The average Bonchev–Trinajstić information content (AvgIpc) is 3.17. The van der Waals surface area contributed by atoms with E-state index in [9.17, 15) is 14.7 Å². The van der Waals surface area contributed by atoms with Crippen molar-refractivity contribution in [2.24, 2.45) is 12.1 Å². The van der Waals surface area contributed by atoms with Crippen molar-refractivity contribution >= 4 is 50.9 Å². The summed E-state index contributed by atoms with van der Waals surface area (Å²) in [5.74, 6) is 0.720. The molecule has 4 aromatic rings. The van der Waals surface area contributed by atoms with Crippen molar-refractivity contribution < 1.29 is 9.84 Å². The van der Waals surface area contributed by atoms with Crippen LogP contribution in [-0.4, -0.2) is 43.1 Å². The van der Waals surface area contributed by atoms with Crippen molar-refractivity contribution in [1.29, 1.82) is 0 Å². The highest BCUT2D eigenvalue weighted by Gasteiger charge is 2.20. The molecule has 2 aromatic carbocycles. The first-order valence-corrected chi connectivity index (χ1v) is 11.3. The van der Waals surface area contributed by atoms with Gasteiger partial charge in [0.25, 0.3) is 5.56 Å². The first-order valence-electron chi connectivity index (χ1n) is 10.1. The Hall–Kier alpha value is -3.41. The Morgan fingerprint density at radius 1 is 1.24 bits per heavy atom. The van der Waals surface area contributed by atoms with Crippen LogP contribution in [0.1, 0.15) is 5.56 Å². The molecule has 2 heterocycles. The summed E-state index contributed by atoms with van der Waals surface area (Å²) in [5, 5.41) is 15.4. The number of aliphatic hydroxyl groups is 1. The summed E-state index contributed by atoms with van der Waals surface area (Å²) in [6, 6.07) is 14.2. The van der Waals surface area contributed by atoms with Gasteiger partial charge in [0.05, 0.1) is 12.8 Å². The predicted octanol–water partition coefficient (Wildman–Crippen LogP) is 2.73. The van der Waals surface area contributed by atoms with E-state index >= 15 is 0 Å². The van der Waals surface area contributed by atoms with E-state index in [4.69, 9.17) is 16.3 Å². The summed E-state index contributed by atoms with van der Waals surface area (Å²) in [6.07, 6.45) is 0.583. The summed E-state index contributed by atoms with van der Waals surface area (Å²) in [4.78, 5) is 31.2. The minimum Gasteiger partial charge on any atom is -0.491 e. The Morgan fingerprint density at radius 3 is 2.65 bits per heavy atom. The number of aliphatic hydroxyl groups excluding tert-OH is 1. The number of fused-ring (bicyclic) bond motifs is 1. The summed E-state index contributed by atoms with van der Waals surface area (Å²) in [5.41, 5.74) is 2.68. The molecule has 1 unspecified atom stereocenters. The SMILES string of the molecule is Cn1c(=O)[nH]c(=O)c2c1nc(N/N=C/c1ccc(Br)cc1)n2CC(O)COc1ccc(Cl)cc1. The molecular weight excluding hydrogens is 528 g/mol. The molecule has 12 heteroatoms. The zero-order valence-corrected chi connectivity index (χ0v) is 20.2. The second-order valence-corrected chi connectivity index (χ2v) is 8.73. The highest BCUT2D eigenvalue weighted by Crippen LogP contribution is 2.18. The number of anilines is 1. The number of halogens is 2. The zero-order valence-electron chi connectivity index (χ0n) is 17.9. The van der Waals surface area contributed by atoms with E-state index in [1.165, 1.54) is 16.2 Å². The Morgan fingerprint density at radius 2 is 1.94 bits per heavy atom. The number of ether oxygens (including phenoxy) is 1. The third kappa shape index (κ3) is 5.38. The number of nitrogens with one attached hydrogen (secondary N) is 2. The summed E-state index contributed by atoms with van der Waals surface area (Å²) in [7, 11) is 1.49. The fourth-order valence-corrected chi connectivity index (χ4v) is 3.59. The van der Waals surface area contributed by atoms with Gasteiger partial charge in [0.1, 0.15) is 18.5 Å². The van der Waals surface area contributed by atoms with Crippen molar-refractivity contribution in [3.05, 3.63) is 84.4 Å². The topological polar surface area (TPSA) is 127 Å². The molecule has 0 bridgehead atoms. The quantitative estimate of drug-likeness (QED) is 0.230. The normalized spacial score (nSPS) is 12.4. The summed E-state index contributed by atoms with van der Waals surface area (Å²) >= 11 is 9.25. The third-order valence-electron chi connectivity index (χ3n) is 4.90. The van der Waals surface area contributed by atoms with Crippen LogP contribution in [-0.2, 0) is 13.6 Å². The fraction of sp³-hybridized carbons (Fsp3) is 0.182. The molecule has 3 N–H and O–H groups in total. The largest absolute Gasteiger partial charge is 0.491 e. The molecule has 0 radical (unpaired) electrons. The molecular formula is C22H20BrClN6O4. The molecule has 0 fully saturated rings. The van der Waals surface area contributed by atoms with E-state index in [-0.39, 0.29) is 30.3 Å². The van der Waals surface area contributed by atoms with Gasteiger partial charge in [-0.05, 0) is 42.0 Å². The first-order chi connectivity index (χ1) is 16.3. The lowest BCUT2D eigenvalue weighted by Crippen LogP contribution is -2.30. The molecule has 0 aliphatic heterocycles. The van der Waals surface area contributed by atoms with Crippen LogP contribution in [0.25, 0.3) is 11.2 Å². The van der Waals surface area contributed by atoms with E-state index in [0.29, 0.717) is 10.8 Å². The van der Waals surface area contributed by atoms with Crippen molar-refractivity contribution in [2.75, 3.05) is 12.0 Å². The summed E-state index contributed by atoms with van der Waals surface area (Å²) in [6.45, 7) is -0.0892. The smallest absolute Gasteiger partial charge is 0.329 e. The Balaban J connectivity index is 1.60. The molecule has 0 amide bonds. The van der Waals surface area contributed by atoms with Crippen LogP contribution in [0.15, 0.2) is 67.7 Å². The highest BCUT2D eigenvalue weighted by atomic mass is 79.9. The Kier molecular flexibility index (Phi) is 7.15. The minimum atomic E-state index is -0.999. The number of hydrogen-bond donors (Lipinski definition) is 3. The number of imidazole rings is 1. The van der Waals surface area contributed by atoms with Crippen LogP contribution in [0, 0.1) is 0 Å². The molecule has 0 aliphatic carbocycles. The van der Waals surface area contributed by atoms with Gasteiger partial charge in [0.2, 0.25) is 5.95 Å². The van der Waals surface area contributed by atoms with Crippen LogP contribution in [0.4, 0.5) is 5.95 Å². The average molecular weight is 548 g/mol. The number of aromatic nitrogens is 4. The van der Waals surface area contributed by atoms with Crippen molar-refractivity contribution in [3.8, 4) is 5.75 Å². The molecule has 0 saturated carbocycles. The van der Waals surface area contributed by atoms with Gasteiger partial charge >= 0.3 is 5.69 Å². The fourth-order valence-electron chi connectivity index (χ4n) is 3.20. The van der Waals surface area contributed by atoms with Crippen molar-refractivity contribution in [1.82, 2.24) is 19.1 Å². The Bertz CT molecular complexity index is 1440. The van der Waals surface area contributed by atoms with Crippen LogP contribution in [0.3, 0.4) is 0 Å². The van der Waals surface area contributed by atoms with Gasteiger partial charge in [0.15, 0.2) is 11.2 Å². The maximum atomic E-state index is 12.6. The second kappa shape index (κ2) is 10.2. The molecule has 10 nitrogen and oxygen atoms in total. The lowest BCUT2D eigenvalue weighted by Gasteiger charge is -2.15. The van der Waals surface area contributed by atoms with E-state index in [1.54, 1.807) is 30.5 Å². The second-order valence-electron chi connectivity index (χ2n) is 7.38. The van der Waals surface area contributed by atoms with E-state index in [2.05, 4.69) is 36.4 Å². The number of aryl methyl sites for hydroxylation is 1. The number of benzene rings is 2. The number of rotatable bonds is 8. The number of aromatic amines is 1. The molecule has 176 valence electrons. The van der Waals surface area contributed by atoms with E-state index in [1.807, 2.05) is 24.3 Å². The van der Waals surface area contributed by atoms with E-state index in [0.717, 1.165) is 10.0 Å². The standard InChI is InChI=1S/C22H20BrClN6O4/c1-29-19-18(20(32)27-22(29)33)30(11-16(31)12-34-17-8-6-15(24)7-9-17)21(26-19)28-25-10-13-2-4-14(23)5-3-13/h2-10,16,31H,11-12H2,1H3,(H,26,28)(H,27,32,33)/b25-10+. The maximum absolute atomic E-state index is 12.6. The monoisotopic (exact) mass is 546 g/mol. The molecule has 2 aromatic heterocycles. The highest BCUT2D eigenvalue weighted by molar-refractivity contribution is 9.10. The third-order valence-corrected chi connectivity index (χ3v) is 5.69. The van der Waals surface area contributed by atoms with Gasteiger partial charge in [-0.1, -0.05) is 39.7 Å². The van der Waals surface area contributed by atoms with Crippen LogP contribution in [0.2, 0.25) is 5.02 Å². The summed E-state index contributed by atoms with van der Waals surface area (Å²) < 4.78 is 9.22. The molecule has 34 heavy (non-hydrogen) atoms. The minimum absolute atomic E-state index is 0.0402. The van der Waals surface area contributed by atoms with Crippen LogP contribution >= 0.6 is 27.5 Å². The maximum Gasteiger partial charge on any atom is 0.329 e. The number of hydrogen-bond acceptors (Lipinski definition) is 7. The van der Waals surface area contributed by atoms with Crippen LogP contribution in [0.5, 0.6) is 5.75 Å².